The molecule has 476 valence electrons. The summed E-state index contributed by atoms with van der Waals surface area (Å²) < 4.78 is 27.1. The lowest BCUT2D eigenvalue weighted by Gasteiger charge is -2.44. The molecule has 0 radical (unpaired) electrons. The number of rotatable bonds is 13. The number of carbonyl (C=O) groups is 8. The number of hydrogen-bond donors (Lipinski definition) is 2. The fourth-order valence-corrected chi connectivity index (χ4v) is 14.0. The predicted octanol–water partition coefficient (Wildman–Crippen LogP) is 1.24. The Morgan fingerprint density at radius 1 is 0.536 bits per heavy atom. The van der Waals surface area contributed by atoms with Crippen LogP contribution in [0.15, 0.2) is 4.99 Å². The number of piperidine rings is 5. The summed E-state index contributed by atoms with van der Waals surface area (Å²) >= 11 is 0. The monoisotopic (exact) mass is 1190 g/mol. The summed E-state index contributed by atoms with van der Waals surface area (Å²) in [5.74, 6) is 0.0876. The van der Waals surface area contributed by atoms with Crippen molar-refractivity contribution < 1.29 is 62.0 Å². The maximum absolute atomic E-state index is 11.8. The minimum absolute atomic E-state index is 0.0131. The highest BCUT2D eigenvalue weighted by Crippen LogP contribution is 2.42. The second-order valence-electron chi connectivity index (χ2n) is 25.0. The van der Waals surface area contributed by atoms with Gasteiger partial charge in [-0.3, -0.25) is 9.59 Å². The molecule has 0 aromatic rings. The van der Waals surface area contributed by atoms with E-state index in [2.05, 4.69) is 56.4 Å². The van der Waals surface area contributed by atoms with E-state index in [9.17, 15) is 38.4 Å². The molecule has 0 aromatic carbocycles. The maximum Gasteiger partial charge on any atom is 0.410 e. The summed E-state index contributed by atoms with van der Waals surface area (Å²) in [5.41, 5.74) is -1.39. The van der Waals surface area contributed by atoms with Crippen LogP contribution in [0.5, 0.6) is 0 Å². The molecule has 27 nitrogen and oxygen atoms in total. The van der Waals surface area contributed by atoms with Gasteiger partial charge in [-0.25, -0.2) is 24.0 Å². The van der Waals surface area contributed by atoms with Gasteiger partial charge in [-0.05, 0) is 99.7 Å². The SMILES string of the molecule is CC(=O)N(C)CCC12CN(C)CCC1OC(=O)N2C.CC(=O)N(C)CCC12CNCCC1OC(=O)N2C.CN1CCC2OC(=O)N(C)C2(CC=O)C1.CN=CCC12CN(C)CCC1OC(=O)N2C.CNCCC12CN(C)CCC1OC(=O)N2C. The summed E-state index contributed by atoms with van der Waals surface area (Å²) in [6.45, 7) is 14.0. The third kappa shape index (κ3) is 14.0. The lowest BCUT2D eigenvalue weighted by molar-refractivity contribution is -0.128. The van der Waals surface area contributed by atoms with Crippen molar-refractivity contribution >= 4 is 54.8 Å². The number of aliphatic imine (C=N–C) groups is 1. The first kappa shape index (κ1) is 67.5. The van der Waals surface area contributed by atoms with Crippen LogP contribution < -0.4 is 10.6 Å². The molecule has 10 aliphatic heterocycles. The number of nitrogens with zero attached hydrogens (tertiary/aromatic N) is 12. The number of ether oxygens (including phenoxy) is 5. The Bertz CT molecular complexity index is 2380. The van der Waals surface area contributed by atoms with Gasteiger partial charge in [0.25, 0.3) is 0 Å². The molecule has 0 spiro atoms. The first-order valence-electron chi connectivity index (χ1n) is 29.7. The summed E-state index contributed by atoms with van der Waals surface area (Å²) in [6, 6.07) is 0. The van der Waals surface area contributed by atoms with Gasteiger partial charge in [0.1, 0.15) is 47.9 Å². The number of nitrogens with one attached hydrogen (secondary N) is 2. The second kappa shape index (κ2) is 28.3. The van der Waals surface area contributed by atoms with Gasteiger partial charge in [-0.2, -0.15) is 0 Å². The third-order valence-electron chi connectivity index (χ3n) is 19.9. The molecule has 10 aliphatic rings. The first-order valence-corrected chi connectivity index (χ1v) is 29.7. The van der Waals surface area contributed by atoms with E-state index in [1.807, 2.05) is 34.4 Å². The number of hydrogen-bond acceptors (Lipinski definition) is 20. The first-order chi connectivity index (χ1) is 39.6. The normalized spacial score (nSPS) is 33.6. The molecule has 7 amide bonds. The number of likely N-dealkylation sites (N-methyl/N-ethyl adjacent to an activating group) is 9. The van der Waals surface area contributed by atoms with Crippen molar-refractivity contribution in [2.24, 2.45) is 4.99 Å². The minimum Gasteiger partial charge on any atom is -0.443 e. The molecule has 10 heterocycles. The predicted molar refractivity (Wildman–Crippen MR) is 314 cm³/mol. The van der Waals surface area contributed by atoms with E-state index in [1.54, 1.807) is 90.4 Å². The van der Waals surface area contributed by atoms with Gasteiger partial charge >= 0.3 is 30.5 Å². The Morgan fingerprint density at radius 3 is 1.23 bits per heavy atom. The molecule has 0 saturated carbocycles. The van der Waals surface area contributed by atoms with Crippen molar-refractivity contribution in [2.75, 3.05) is 177 Å². The van der Waals surface area contributed by atoms with Crippen molar-refractivity contribution in [3.63, 3.8) is 0 Å². The van der Waals surface area contributed by atoms with E-state index < -0.39 is 5.54 Å². The molecule has 0 aromatic heterocycles. The maximum atomic E-state index is 11.8. The van der Waals surface area contributed by atoms with Crippen molar-refractivity contribution in [2.45, 2.75) is 136 Å². The quantitative estimate of drug-likeness (QED) is 0.149. The van der Waals surface area contributed by atoms with E-state index in [0.717, 1.165) is 130 Å². The van der Waals surface area contributed by atoms with Crippen LogP contribution in [0, 0.1) is 0 Å². The lowest BCUT2D eigenvalue weighted by Crippen LogP contribution is -2.61. The van der Waals surface area contributed by atoms with Crippen LogP contribution in [-0.2, 0) is 38.1 Å². The van der Waals surface area contributed by atoms with E-state index in [1.165, 1.54) is 0 Å². The number of carbonyl (C=O) groups excluding carboxylic acids is 8. The minimum atomic E-state index is -0.439. The van der Waals surface area contributed by atoms with Gasteiger partial charge in [0.2, 0.25) is 11.8 Å². The van der Waals surface area contributed by atoms with Crippen LogP contribution in [0.4, 0.5) is 24.0 Å². The van der Waals surface area contributed by atoms with Crippen LogP contribution in [-0.4, -0.2) is 344 Å². The van der Waals surface area contributed by atoms with Crippen LogP contribution in [0.3, 0.4) is 0 Å². The smallest absolute Gasteiger partial charge is 0.410 e. The highest BCUT2D eigenvalue weighted by Gasteiger charge is 2.59. The van der Waals surface area contributed by atoms with Crippen LogP contribution >= 0.6 is 0 Å². The largest absolute Gasteiger partial charge is 0.443 e. The molecule has 10 unspecified atom stereocenters. The zero-order chi connectivity index (χ0) is 62.1. The van der Waals surface area contributed by atoms with Crippen LogP contribution in [0.2, 0.25) is 0 Å². The number of likely N-dealkylation sites (tertiary alicyclic amines) is 4. The molecule has 2 N–H and O–H groups in total. The van der Waals surface area contributed by atoms with Crippen molar-refractivity contribution in [3.05, 3.63) is 0 Å². The lowest BCUT2D eigenvalue weighted by atomic mass is 9.82. The Morgan fingerprint density at radius 2 is 0.857 bits per heavy atom. The number of fused-ring (bicyclic) bond motifs is 5. The molecule has 84 heavy (non-hydrogen) atoms. The fraction of sp³-hybridized carbons (Fsp3) is 0.842. The zero-order valence-corrected chi connectivity index (χ0v) is 53.0. The summed E-state index contributed by atoms with van der Waals surface area (Å²) in [4.78, 5) is 117. The molecule has 10 fully saturated rings. The Balaban J connectivity index is 0.000000169. The summed E-state index contributed by atoms with van der Waals surface area (Å²) in [5, 5.41) is 6.48. The molecular weight excluding hydrogens is 1090 g/mol. The molecule has 10 atom stereocenters. The van der Waals surface area contributed by atoms with Gasteiger partial charge in [0.15, 0.2) is 0 Å². The van der Waals surface area contributed by atoms with Crippen LogP contribution in [0.1, 0.15) is 78.1 Å². The average Bonchev–Trinajstić information content (AvgIpc) is 3.72. The Kier molecular flexibility index (Phi) is 22.7. The van der Waals surface area contributed by atoms with Gasteiger partial charge in [-0.15, -0.1) is 0 Å². The van der Waals surface area contributed by atoms with E-state index in [4.69, 9.17) is 23.7 Å². The Hall–Kier alpha value is -5.61. The highest BCUT2D eigenvalue weighted by molar-refractivity contribution is 5.76. The van der Waals surface area contributed by atoms with Gasteiger partial charge < -0.3 is 98.0 Å². The topological polar surface area (TPSA) is 255 Å². The molecule has 0 aliphatic carbocycles. The highest BCUT2D eigenvalue weighted by atomic mass is 16.6. The van der Waals surface area contributed by atoms with Gasteiger partial charge in [0.05, 0.1) is 16.6 Å². The summed E-state index contributed by atoms with van der Waals surface area (Å²) in [6.07, 6.45) is 9.31. The number of aldehydes is 1. The molecule has 0 bridgehead atoms. The molecule has 27 heteroatoms. The van der Waals surface area contributed by atoms with E-state index in [-0.39, 0.29) is 95.0 Å². The fourth-order valence-electron chi connectivity index (χ4n) is 14.0. The zero-order valence-electron chi connectivity index (χ0n) is 53.0. The van der Waals surface area contributed by atoms with E-state index in [0.29, 0.717) is 26.1 Å². The second-order valence-corrected chi connectivity index (χ2v) is 25.0. The Labute approximate surface area is 497 Å². The number of amides is 7. The van der Waals surface area contributed by atoms with Gasteiger partial charge in [-0.1, -0.05) is 0 Å². The van der Waals surface area contributed by atoms with Gasteiger partial charge in [0, 0.05) is 161 Å². The summed E-state index contributed by atoms with van der Waals surface area (Å²) in [7, 11) is 24.5. The third-order valence-corrected chi connectivity index (χ3v) is 19.9. The van der Waals surface area contributed by atoms with Crippen molar-refractivity contribution in [1.82, 2.24) is 64.5 Å². The molecular formula is C57H100N14O13. The van der Waals surface area contributed by atoms with E-state index >= 15 is 0 Å². The average molecular weight is 1190 g/mol. The molecule has 10 saturated heterocycles. The molecule has 10 rings (SSSR count). The van der Waals surface area contributed by atoms with Crippen molar-refractivity contribution in [3.8, 4) is 0 Å². The van der Waals surface area contributed by atoms with Crippen LogP contribution in [0.25, 0.3) is 0 Å². The van der Waals surface area contributed by atoms with Crippen molar-refractivity contribution in [1.29, 1.82) is 0 Å². The standard InChI is InChI=1S/C13H23N3O3.C12H21N3O3.C11H21N3O2.C11H19N3O2.C10H16N2O3/c1-10(17)15(3)8-6-13-9-14(2)7-5-11(13)19-12(18)16(13)4;1-9(16)14(2)7-5-12-8-13-6-4-10(12)18-11(17)15(12)3;2*1-12-6-5-11-8-13(2)7-4-9(11)16-10(15)14(11)3;1-11-5-3-8-10(7-11,4-6-13)12(2)9(14)15-8/h11H,5-9H2,1-4H3;10,13H,4-8H2,1-3H3;9,12H,4-8H2,1-3H3;6,9H,4-5,7-8H2,1-3H3;6,8H,3-5,7H2,1-2H3.